The molecule has 4 heteroatoms. The summed E-state index contributed by atoms with van der Waals surface area (Å²) in [6.07, 6.45) is 8.23. The number of rotatable bonds is 13. The van der Waals surface area contributed by atoms with Crippen LogP contribution in [0.15, 0.2) is 0 Å². The first-order valence-electron chi connectivity index (χ1n) is 7.56. The first kappa shape index (κ1) is 18.6. The van der Waals surface area contributed by atoms with Crippen molar-refractivity contribution in [3.8, 4) is 0 Å². The molecule has 0 bridgehead atoms. The van der Waals surface area contributed by atoms with Crippen LogP contribution < -0.4 is 0 Å². The molecular formula is C15H30O4. The number of carbonyl (C=O) groups is 1. The third-order valence-electron chi connectivity index (χ3n) is 3.60. The zero-order valence-electron chi connectivity index (χ0n) is 12.2. The Labute approximate surface area is 116 Å². The third-order valence-corrected chi connectivity index (χ3v) is 3.60. The lowest BCUT2D eigenvalue weighted by atomic mass is 9.95. The summed E-state index contributed by atoms with van der Waals surface area (Å²) in [5.41, 5.74) is 0. The molecule has 0 aromatic heterocycles. The van der Waals surface area contributed by atoms with Gasteiger partial charge in [0.15, 0.2) is 0 Å². The van der Waals surface area contributed by atoms with Crippen molar-refractivity contribution in [2.75, 3.05) is 13.2 Å². The smallest absolute Gasteiger partial charge is 0.138 e. The van der Waals surface area contributed by atoms with E-state index < -0.39 is 12.0 Å². The highest BCUT2D eigenvalue weighted by molar-refractivity contribution is 5.81. The molecule has 3 N–H and O–H groups in total. The van der Waals surface area contributed by atoms with Crippen LogP contribution in [0.1, 0.15) is 64.7 Å². The number of ketones is 1. The first-order chi connectivity index (χ1) is 9.13. The predicted molar refractivity (Wildman–Crippen MR) is 75.9 cm³/mol. The Hall–Kier alpha value is -0.450. The van der Waals surface area contributed by atoms with Crippen molar-refractivity contribution >= 4 is 5.78 Å². The molecule has 19 heavy (non-hydrogen) atoms. The van der Waals surface area contributed by atoms with E-state index in [-0.39, 0.29) is 12.4 Å². The predicted octanol–water partition coefficient (Wildman–Crippen LogP) is 2.05. The van der Waals surface area contributed by atoms with Gasteiger partial charge in [-0.15, -0.1) is 0 Å². The van der Waals surface area contributed by atoms with E-state index in [0.29, 0.717) is 13.0 Å². The van der Waals surface area contributed by atoms with Crippen LogP contribution >= 0.6 is 0 Å². The molecule has 0 aliphatic carbocycles. The van der Waals surface area contributed by atoms with Crippen LogP contribution in [0.2, 0.25) is 0 Å². The molecule has 0 fully saturated rings. The number of hydrogen-bond acceptors (Lipinski definition) is 4. The number of unbranched alkanes of at least 4 members (excludes halogenated alkanes) is 7. The Morgan fingerprint density at radius 1 is 0.895 bits per heavy atom. The van der Waals surface area contributed by atoms with Crippen LogP contribution in [0.5, 0.6) is 0 Å². The number of carbonyl (C=O) groups excluding carboxylic acids is 1. The van der Waals surface area contributed by atoms with Crippen LogP contribution in [0.3, 0.4) is 0 Å². The Bertz CT molecular complexity index is 218. The fraction of sp³-hybridized carbons (Fsp3) is 0.933. The summed E-state index contributed by atoms with van der Waals surface area (Å²) in [5, 5.41) is 26.7. The van der Waals surface area contributed by atoms with Crippen molar-refractivity contribution in [2.45, 2.75) is 70.8 Å². The fourth-order valence-corrected chi connectivity index (χ4v) is 2.07. The second-order valence-corrected chi connectivity index (χ2v) is 5.31. The number of aliphatic hydroxyl groups is 3. The lowest BCUT2D eigenvalue weighted by molar-refractivity contribution is -0.126. The van der Waals surface area contributed by atoms with Gasteiger partial charge in [-0.3, -0.25) is 4.79 Å². The molecule has 0 radical (unpaired) electrons. The normalized spacial score (nSPS) is 14.3. The molecule has 0 aliphatic rings. The van der Waals surface area contributed by atoms with Crippen molar-refractivity contribution in [2.24, 2.45) is 5.92 Å². The standard InChI is InChI=1S/C15H30O4/c1-13(15(19)12-17)14(18)10-8-6-4-2-3-5-7-9-11-16/h13,15-17,19H,2-12H2,1H3. The van der Waals surface area contributed by atoms with Gasteiger partial charge in [-0.25, -0.2) is 0 Å². The van der Waals surface area contributed by atoms with E-state index in [2.05, 4.69) is 0 Å². The summed E-state index contributed by atoms with van der Waals surface area (Å²) in [6, 6.07) is 0. The molecule has 0 amide bonds. The summed E-state index contributed by atoms with van der Waals surface area (Å²) >= 11 is 0. The number of aliphatic hydroxyl groups excluding tert-OH is 3. The molecule has 0 aromatic rings. The Morgan fingerprint density at radius 2 is 1.37 bits per heavy atom. The van der Waals surface area contributed by atoms with E-state index in [4.69, 9.17) is 10.2 Å². The second-order valence-electron chi connectivity index (χ2n) is 5.31. The maximum Gasteiger partial charge on any atom is 0.138 e. The van der Waals surface area contributed by atoms with E-state index in [0.717, 1.165) is 32.1 Å². The molecule has 0 rings (SSSR count). The zero-order valence-corrected chi connectivity index (χ0v) is 12.2. The summed E-state index contributed by atoms with van der Waals surface area (Å²) < 4.78 is 0. The molecule has 0 saturated carbocycles. The summed E-state index contributed by atoms with van der Waals surface area (Å²) in [4.78, 5) is 11.7. The van der Waals surface area contributed by atoms with Gasteiger partial charge >= 0.3 is 0 Å². The van der Waals surface area contributed by atoms with E-state index in [1.54, 1.807) is 6.92 Å². The highest BCUT2D eigenvalue weighted by atomic mass is 16.3. The molecule has 2 atom stereocenters. The molecule has 0 aliphatic heterocycles. The van der Waals surface area contributed by atoms with Gasteiger partial charge in [-0.2, -0.15) is 0 Å². The van der Waals surface area contributed by atoms with Gasteiger partial charge in [0.05, 0.1) is 12.7 Å². The van der Waals surface area contributed by atoms with Gasteiger partial charge in [-0.05, 0) is 12.8 Å². The van der Waals surface area contributed by atoms with Crippen molar-refractivity contribution in [1.29, 1.82) is 0 Å². The minimum atomic E-state index is -0.918. The number of hydrogen-bond donors (Lipinski definition) is 3. The van der Waals surface area contributed by atoms with E-state index in [1.807, 2.05) is 0 Å². The van der Waals surface area contributed by atoms with E-state index in [1.165, 1.54) is 19.3 Å². The second kappa shape index (κ2) is 12.6. The average molecular weight is 274 g/mol. The van der Waals surface area contributed by atoms with Crippen LogP contribution in [0, 0.1) is 5.92 Å². The van der Waals surface area contributed by atoms with Crippen molar-refractivity contribution in [3.63, 3.8) is 0 Å². The highest BCUT2D eigenvalue weighted by Crippen LogP contribution is 2.13. The van der Waals surface area contributed by atoms with Gasteiger partial charge in [-0.1, -0.05) is 45.4 Å². The SMILES string of the molecule is CC(C(=O)CCCCCCCCCCO)C(O)CO. The molecule has 4 nitrogen and oxygen atoms in total. The fourth-order valence-electron chi connectivity index (χ4n) is 2.07. The maximum absolute atomic E-state index is 11.7. The Kier molecular flexibility index (Phi) is 12.3. The molecule has 0 aromatic carbocycles. The van der Waals surface area contributed by atoms with E-state index in [9.17, 15) is 9.90 Å². The molecule has 0 spiro atoms. The molecular weight excluding hydrogens is 244 g/mol. The quantitative estimate of drug-likeness (QED) is 0.449. The minimum absolute atomic E-state index is 0.0458. The molecule has 0 saturated heterocycles. The van der Waals surface area contributed by atoms with Gasteiger partial charge in [0, 0.05) is 18.9 Å². The van der Waals surface area contributed by atoms with Crippen molar-refractivity contribution in [3.05, 3.63) is 0 Å². The third kappa shape index (κ3) is 10.0. The average Bonchev–Trinajstić information content (AvgIpc) is 2.43. The van der Waals surface area contributed by atoms with Crippen molar-refractivity contribution in [1.82, 2.24) is 0 Å². The maximum atomic E-state index is 11.7. The summed E-state index contributed by atoms with van der Waals surface area (Å²) in [7, 11) is 0. The molecule has 2 unspecified atom stereocenters. The Morgan fingerprint density at radius 3 is 1.84 bits per heavy atom. The van der Waals surface area contributed by atoms with Gasteiger partial charge < -0.3 is 15.3 Å². The molecule has 0 heterocycles. The van der Waals surface area contributed by atoms with Crippen LogP contribution in [-0.4, -0.2) is 40.4 Å². The monoisotopic (exact) mass is 274 g/mol. The first-order valence-corrected chi connectivity index (χ1v) is 7.56. The zero-order chi connectivity index (χ0) is 14.5. The lowest BCUT2D eigenvalue weighted by Gasteiger charge is -2.15. The summed E-state index contributed by atoms with van der Waals surface area (Å²) in [6.45, 7) is 1.62. The largest absolute Gasteiger partial charge is 0.396 e. The van der Waals surface area contributed by atoms with Crippen molar-refractivity contribution < 1.29 is 20.1 Å². The van der Waals surface area contributed by atoms with Gasteiger partial charge in [0.25, 0.3) is 0 Å². The van der Waals surface area contributed by atoms with E-state index >= 15 is 0 Å². The topological polar surface area (TPSA) is 77.8 Å². The van der Waals surface area contributed by atoms with Gasteiger partial charge in [0.1, 0.15) is 5.78 Å². The summed E-state index contributed by atoms with van der Waals surface area (Å²) in [5.74, 6) is -0.409. The van der Waals surface area contributed by atoms with Crippen LogP contribution in [-0.2, 0) is 4.79 Å². The highest BCUT2D eigenvalue weighted by Gasteiger charge is 2.20. The van der Waals surface area contributed by atoms with Crippen LogP contribution in [0.4, 0.5) is 0 Å². The van der Waals surface area contributed by atoms with Gasteiger partial charge in [0.2, 0.25) is 0 Å². The lowest BCUT2D eigenvalue weighted by Crippen LogP contribution is -2.28. The Balaban J connectivity index is 3.36. The minimum Gasteiger partial charge on any atom is -0.396 e. The molecule has 114 valence electrons. The van der Waals surface area contributed by atoms with Crippen LogP contribution in [0.25, 0.3) is 0 Å². The number of Topliss-reactive ketones (excluding diaryl/α,β-unsaturated/α-hetero) is 1.